The molecule has 122 valence electrons. The number of rotatable bonds is 0. The molecular weight excluding hydrogens is 280 g/mol. The first kappa shape index (κ1) is 15.3. The van der Waals surface area contributed by atoms with Crippen LogP contribution in [0.1, 0.15) is 65.2 Å². The van der Waals surface area contributed by atoms with E-state index in [1.807, 2.05) is 6.08 Å². The molecule has 0 N–H and O–H groups in total. The highest BCUT2D eigenvalue weighted by Gasteiger charge is 2.53. The summed E-state index contributed by atoms with van der Waals surface area (Å²) in [6.45, 7) is 4.62. The van der Waals surface area contributed by atoms with Gasteiger partial charge in [0, 0.05) is 23.8 Å². The van der Waals surface area contributed by atoms with Gasteiger partial charge in [0.2, 0.25) is 0 Å². The molecule has 23 heavy (non-hydrogen) atoms. The van der Waals surface area contributed by atoms with Crippen molar-refractivity contribution in [1.82, 2.24) is 0 Å². The van der Waals surface area contributed by atoms with E-state index in [9.17, 15) is 4.79 Å². The molecule has 0 aliphatic heterocycles. The number of carbonyl (C=O) groups is 1. The van der Waals surface area contributed by atoms with E-state index in [1.54, 1.807) is 0 Å². The van der Waals surface area contributed by atoms with Crippen LogP contribution in [0.15, 0.2) is 23.3 Å². The van der Waals surface area contributed by atoms with Gasteiger partial charge >= 0.3 is 0 Å². The fraction of sp³-hybridized carbons (Fsp3) is 0.682. The van der Waals surface area contributed by atoms with Crippen LogP contribution in [0.2, 0.25) is 0 Å². The highest BCUT2D eigenvalue weighted by atomic mass is 16.1. The van der Waals surface area contributed by atoms with E-state index in [0.29, 0.717) is 17.1 Å². The van der Waals surface area contributed by atoms with Crippen molar-refractivity contribution in [1.29, 1.82) is 0 Å². The van der Waals surface area contributed by atoms with Crippen molar-refractivity contribution < 1.29 is 4.79 Å². The van der Waals surface area contributed by atoms with Crippen LogP contribution in [-0.2, 0) is 4.79 Å². The molecule has 0 aromatic heterocycles. The Hall–Kier alpha value is -1.29. The summed E-state index contributed by atoms with van der Waals surface area (Å²) in [5.41, 5.74) is 3.25. The van der Waals surface area contributed by atoms with Crippen LogP contribution in [0.3, 0.4) is 0 Å². The second-order valence-electron chi connectivity index (χ2n) is 8.27. The molecule has 0 spiro atoms. The smallest absolute Gasteiger partial charge is 0.155 e. The lowest BCUT2D eigenvalue weighted by molar-refractivity contribution is -0.115. The van der Waals surface area contributed by atoms with Gasteiger partial charge in [-0.05, 0) is 68.3 Å². The molecule has 2 saturated carbocycles. The summed E-state index contributed by atoms with van der Waals surface area (Å²) < 4.78 is 0. The first-order valence-electron chi connectivity index (χ1n) is 9.56. The van der Waals surface area contributed by atoms with Gasteiger partial charge in [0.25, 0.3) is 0 Å². The molecule has 1 heteroatoms. The maximum absolute atomic E-state index is 11.8. The predicted octanol–water partition coefficient (Wildman–Crippen LogP) is 5.08. The zero-order valence-corrected chi connectivity index (χ0v) is 14.5. The SMILES string of the molecule is CCC#CC1=CCC2C3CCC4=CC(=O)CCC4C3CCC12C. The van der Waals surface area contributed by atoms with Crippen molar-refractivity contribution in [3.05, 3.63) is 23.3 Å². The molecule has 0 saturated heterocycles. The molecule has 0 aromatic rings. The second kappa shape index (κ2) is 5.66. The Kier molecular flexibility index (Phi) is 3.75. The molecule has 4 aliphatic carbocycles. The molecule has 4 rings (SSSR count). The molecule has 0 amide bonds. The predicted molar refractivity (Wildman–Crippen MR) is 93.6 cm³/mol. The minimum absolute atomic E-state index is 0.328. The summed E-state index contributed by atoms with van der Waals surface area (Å²) in [5, 5.41) is 0. The van der Waals surface area contributed by atoms with Crippen LogP contribution in [0.5, 0.6) is 0 Å². The molecule has 0 heterocycles. The lowest BCUT2D eigenvalue weighted by Crippen LogP contribution is -2.45. The summed E-state index contributed by atoms with van der Waals surface area (Å²) in [5.74, 6) is 10.3. The average molecular weight is 308 g/mol. The van der Waals surface area contributed by atoms with Gasteiger partial charge in [-0.15, -0.1) is 0 Å². The maximum atomic E-state index is 11.8. The van der Waals surface area contributed by atoms with E-state index in [2.05, 4.69) is 31.8 Å². The number of hydrogen-bond acceptors (Lipinski definition) is 1. The minimum atomic E-state index is 0.328. The Labute approximate surface area is 140 Å². The standard InChI is InChI=1S/C22H28O/c1-3-4-5-16-7-11-21-20-9-6-15-14-17(23)8-10-18(15)19(20)12-13-22(16,21)2/h7,14,18-21H,3,6,8-13H2,1-2H3. The molecule has 0 radical (unpaired) electrons. The van der Waals surface area contributed by atoms with Crippen molar-refractivity contribution in [2.45, 2.75) is 65.2 Å². The van der Waals surface area contributed by atoms with Gasteiger partial charge < -0.3 is 0 Å². The van der Waals surface area contributed by atoms with E-state index >= 15 is 0 Å². The van der Waals surface area contributed by atoms with Gasteiger partial charge in [0.1, 0.15) is 0 Å². The first-order valence-corrected chi connectivity index (χ1v) is 9.56. The lowest BCUT2D eigenvalue weighted by atomic mass is 9.51. The first-order chi connectivity index (χ1) is 11.1. The van der Waals surface area contributed by atoms with E-state index in [0.717, 1.165) is 37.0 Å². The van der Waals surface area contributed by atoms with Crippen molar-refractivity contribution in [2.75, 3.05) is 0 Å². The fourth-order valence-electron chi connectivity index (χ4n) is 6.13. The van der Waals surface area contributed by atoms with Gasteiger partial charge in [-0.2, -0.15) is 0 Å². The number of allylic oxidation sites excluding steroid dienone is 4. The van der Waals surface area contributed by atoms with Crippen LogP contribution in [0.25, 0.3) is 0 Å². The highest BCUT2D eigenvalue weighted by Crippen LogP contribution is 2.61. The quantitative estimate of drug-likeness (QED) is 0.570. The molecular formula is C22H28O. The van der Waals surface area contributed by atoms with E-state index in [1.165, 1.54) is 43.3 Å². The summed E-state index contributed by atoms with van der Waals surface area (Å²) in [6.07, 6.45) is 13.6. The summed E-state index contributed by atoms with van der Waals surface area (Å²) >= 11 is 0. The van der Waals surface area contributed by atoms with Gasteiger partial charge in [-0.25, -0.2) is 0 Å². The Bertz CT molecular complexity index is 641. The third-order valence-electron chi connectivity index (χ3n) is 7.28. The van der Waals surface area contributed by atoms with Crippen molar-refractivity contribution in [2.24, 2.45) is 29.1 Å². The van der Waals surface area contributed by atoms with Crippen LogP contribution in [-0.4, -0.2) is 5.78 Å². The Balaban J connectivity index is 1.59. The number of ketones is 1. The van der Waals surface area contributed by atoms with E-state index < -0.39 is 0 Å². The van der Waals surface area contributed by atoms with E-state index in [-0.39, 0.29) is 0 Å². The zero-order valence-electron chi connectivity index (χ0n) is 14.5. The monoisotopic (exact) mass is 308 g/mol. The van der Waals surface area contributed by atoms with Crippen LogP contribution in [0, 0.1) is 40.9 Å². The molecule has 0 aromatic carbocycles. The molecule has 1 nitrogen and oxygen atoms in total. The van der Waals surface area contributed by atoms with Crippen LogP contribution < -0.4 is 0 Å². The lowest BCUT2D eigenvalue weighted by Gasteiger charge is -2.53. The second-order valence-corrected chi connectivity index (χ2v) is 8.27. The van der Waals surface area contributed by atoms with Gasteiger partial charge in [0.15, 0.2) is 5.78 Å². The van der Waals surface area contributed by atoms with Gasteiger partial charge in [0.05, 0.1) is 0 Å². The summed E-state index contributed by atoms with van der Waals surface area (Å²) in [6, 6.07) is 0. The third-order valence-corrected chi connectivity index (χ3v) is 7.28. The van der Waals surface area contributed by atoms with Crippen LogP contribution in [0.4, 0.5) is 0 Å². The molecule has 2 fully saturated rings. The molecule has 4 aliphatic rings. The zero-order chi connectivity index (χ0) is 16.0. The number of fused-ring (bicyclic) bond motifs is 5. The minimum Gasteiger partial charge on any atom is -0.295 e. The van der Waals surface area contributed by atoms with Crippen molar-refractivity contribution in [3.63, 3.8) is 0 Å². The van der Waals surface area contributed by atoms with Crippen molar-refractivity contribution in [3.8, 4) is 11.8 Å². The fourth-order valence-corrected chi connectivity index (χ4v) is 6.13. The Morgan fingerprint density at radius 2 is 2.09 bits per heavy atom. The maximum Gasteiger partial charge on any atom is 0.155 e. The van der Waals surface area contributed by atoms with Crippen molar-refractivity contribution >= 4 is 5.78 Å². The number of hydrogen-bond donors (Lipinski definition) is 0. The number of carbonyl (C=O) groups excluding carboxylic acids is 1. The highest BCUT2D eigenvalue weighted by molar-refractivity contribution is 5.91. The van der Waals surface area contributed by atoms with Gasteiger partial charge in [-0.1, -0.05) is 37.3 Å². The van der Waals surface area contributed by atoms with Gasteiger partial charge in [-0.3, -0.25) is 4.79 Å². The largest absolute Gasteiger partial charge is 0.295 e. The third kappa shape index (κ3) is 2.34. The molecule has 0 bridgehead atoms. The van der Waals surface area contributed by atoms with Crippen LogP contribution >= 0.6 is 0 Å². The normalized spacial score (nSPS) is 41.7. The molecule has 5 unspecified atom stereocenters. The summed E-state index contributed by atoms with van der Waals surface area (Å²) in [4.78, 5) is 11.8. The average Bonchev–Trinajstić information content (AvgIpc) is 2.89. The Morgan fingerprint density at radius 1 is 1.22 bits per heavy atom. The topological polar surface area (TPSA) is 17.1 Å². The molecule has 5 atom stereocenters. The van der Waals surface area contributed by atoms with E-state index in [4.69, 9.17) is 0 Å². The Morgan fingerprint density at radius 3 is 2.91 bits per heavy atom. The summed E-state index contributed by atoms with van der Waals surface area (Å²) in [7, 11) is 0.